The number of hydrogen-bond donors (Lipinski definition) is 2. The highest BCUT2D eigenvalue weighted by Crippen LogP contribution is 2.25. The van der Waals surface area contributed by atoms with Crippen LogP contribution in [0.5, 0.6) is 0 Å². The second-order valence-electron chi connectivity index (χ2n) is 5.79. The molecule has 2 aromatic rings. The average molecular weight is 444 g/mol. The van der Waals surface area contributed by atoms with Crippen LogP contribution >= 0.6 is 34.8 Å². The van der Waals surface area contributed by atoms with E-state index in [0.29, 0.717) is 27.0 Å². The Hall–Kier alpha value is -2.28. The first kappa shape index (κ1) is 22.0. The molecule has 0 aliphatic rings. The zero-order valence-corrected chi connectivity index (χ0v) is 17.1. The van der Waals surface area contributed by atoms with Gasteiger partial charge in [-0.2, -0.15) is 0 Å². The van der Waals surface area contributed by atoms with E-state index >= 15 is 0 Å². The van der Waals surface area contributed by atoms with Crippen molar-refractivity contribution in [1.29, 1.82) is 0 Å². The number of rotatable bonds is 7. The molecule has 0 saturated heterocycles. The third kappa shape index (κ3) is 6.71. The maximum absolute atomic E-state index is 11.9. The van der Waals surface area contributed by atoms with E-state index in [1.165, 1.54) is 6.07 Å². The summed E-state index contributed by atoms with van der Waals surface area (Å²) in [4.78, 5) is 35.5. The molecule has 9 heteroatoms. The molecule has 148 valence electrons. The molecule has 0 unspecified atom stereocenters. The predicted molar refractivity (Wildman–Crippen MR) is 110 cm³/mol. The zero-order chi connectivity index (χ0) is 20.7. The van der Waals surface area contributed by atoms with Crippen molar-refractivity contribution < 1.29 is 19.1 Å². The molecule has 2 rings (SSSR count). The van der Waals surface area contributed by atoms with Crippen LogP contribution in [-0.4, -0.2) is 24.4 Å². The normalized spacial score (nSPS) is 10.3. The van der Waals surface area contributed by atoms with E-state index in [1.54, 1.807) is 37.3 Å². The fourth-order valence-electron chi connectivity index (χ4n) is 2.17. The van der Waals surface area contributed by atoms with Gasteiger partial charge in [-0.25, -0.2) is 0 Å². The van der Waals surface area contributed by atoms with Crippen LogP contribution < -0.4 is 10.6 Å². The van der Waals surface area contributed by atoms with Crippen LogP contribution in [0.1, 0.15) is 18.4 Å². The third-order valence-corrected chi connectivity index (χ3v) is 4.62. The monoisotopic (exact) mass is 442 g/mol. The minimum Gasteiger partial charge on any atom is -0.456 e. The molecule has 0 atom stereocenters. The summed E-state index contributed by atoms with van der Waals surface area (Å²) in [7, 11) is 0. The maximum atomic E-state index is 11.9. The van der Waals surface area contributed by atoms with Crippen molar-refractivity contribution in [3.8, 4) is 0 Å². The second kappa shape index (κ2) is 10.3. The van der Waals surface area contributed by atoms with Crippen LogP contribution in [0.25, 0.3) is 0 Å². The molecule has 6 nitrogen and oxygen atoms in total. The fourth-order valence-corrected chi connectivity index (χ4v) is 2.80. The van der Waals surface area contributed by atoms with Gasteiger partial charge in [0.15, 0.2) is 6.61 Å². The highest BCUT2D eigenvalue weighted by atomic mass is 35.5. The smallest absolute Gasteiger partial charge is 0.306 e. The van der Waals surface area contributed by atoms with Crippen molar-refractivity contribution in [1.82, 2.24) is 0 Å². The highest BCUT2D eigenvalue weighted by Gasteiger charge is 2.13. The number of ether oxygens (including phenoxy) is 1. The molecule has 0 aliphatic carbocycles. The fraction of sp³-hybridized carbons (Fsp3) is 0.211. The van der Waals surface area contributed by atoms with E-state index in [-0.39, 0.29) is 17.9 Å². The third-order valence-electron chi connectivity index (χ3n) is 3.67. The van der Waals surface area contributed by atoms with Gasteiger partial charge in [-0.1, -0.05) is 40.9 Å². The molecule has 0 aromatic heterocycles. The molecular weight excluding hydrogens is 427 g/mol. The van der Waals surface area contributed by atoms with Crippen LogP contribution in [0.2, 0.25) is 15.1 Å². The number of esters is 1. The Balaban J connectivity index is 1.74. The topological polar surface area (TPSA) is 84.5 Å². The lowest BCUT2D eigenvalue weighted by Gasteiger charge is -2.10. The largest absolute Gasteiger partial charge is 0.456 e. The van der Waals surface area contributed by atoms with Crippen molar-refractivity contribution in [2.24, 2.45) is 0 Å². The van der Waals surface area contributed by atoms with Gasteiger partial charge in [0, 0.05) is 22.2 Å². The molecule has 2 amide bonds. The number of nitrogens with one attached hydrogen (secondary N) is 2. The highest BCUT2D eigenvalue weighted by molar-refractivity contribution is 6.36. The van der Waals surface area contributed by atoms with Crippen molar-refractivity contribution in [2.45, 2.75) is 19.8 Å². The lowest BCUT2D eigenvalue weighted by molar-refractivity contribution is -0.147. The standard InChI is InChI=1S/C19H17Cl3N2O4/c1-11-13(21)3-2-4-15(11)23-18(26)10-28-19(27)8-7-17(25)24-16-6-5-12(20)9-14(16)22/h2-6,9H,7-8,10H2,1H3,(H,23,26)(H,24,25). The molecule has 0 saturated carbocycles. The van der Waals surface area contributed by atoms with E-state index in [1.807, 2.05) is 0 Å². The molecule has 0 heterocycles. The predicted octanol–water partition coefficient (Wildman–Crippen LogP) is 4.86. The van der Waals surface area contributed by atoms with Crippen LogP contribution in [0, 0.1) is 6.92 Å². The van der Waals surface area contributed by atoms with Crippen molar-refractivity contribution in [3.63, 3.8) is 0 Å². The molecule has 0 fully saturated rings. The summed E-state index contributed by atoms with van der Waals surface area (Å²) in [6, 6.07) is 9.72. The van der Waals surface area contributed by atoms with Crippen molar-refractivity contribution >= 4 is 64.0 Å². The molecule has 0 bridgehead atoms. The average Bonchev–Trinajstić information content (AvgIpc) is 2.64. The maximum Gasteiger partial charge on any atom is 0.306 e. The van der Waals surface area contributed by atoms with Gasteiger partial charge in [0.1, 0.15) is 0 Å². The summed E-state index contributed by atoms with van der Waals surface area (Å²) < 4.78 is 4.88. The summed E-state index contributed by atoms with van der Waals surface area (Å²) in [5.41, 5.74) is 1.63. The lowest BCUT2D eigenvalue weighted by atomic mass is 10.2. The summed E-state index contributed by atoms with van der Waals surface area (Å²) in [5, 5.41) is 6.43. The van der Waals surface area contributed by atoms with Gasteiger partial charge >= 0.3 is 5.97 Å². The Morgan fingerprint density at radius 2 is 1.61 bits per heavy atom. The van der Waals surface area contributed by atoms with E-state index in [9.17, 15) is 14.4 Å². The van der Waals surface area contributed by atoms with Crippen LogP contribution in [0.15, 0.2) is 36.4 Å². The first-order valence-corrected chi connectivity index (χ1v) is 9.35. The van der Waals surface area contributed by atoms with Gasteiger partial charge in [0.2, 0.25) is 5.91 Å². The number of hydrogen-bond acceptors (Lipinski definition) is 4. The number of benzene rings is 2. The quantitative estimate of drug-likeness (QED) is 0.599. The lowest BCUT2D eigenvalue weighted by Crippen LogP contribution is -2.22. The summed E-state index contributed by atoms with van der Waals surface area (Å²) in [6.07, 6.45) is -0.298. The first-order valence-electron chi connectivity index (χ1n) is 8.21. The van der Waals surface area contributed by atoms with E-state index in [4.69, 9.17) is 39.5 Å². The summed E-state index contributed by atoms with van der Waals surface area (Å²) in [5.74, 6) is -1.59. The number of carbonyl (C=O) groups is 3. The molecular formula is C19H17Cl3N2O4. The first-order chi connectivity index (χ1) is 13.3. The number of anilines is 2. The van der Waals surface area contributed by atoms with Gasteiger partial charge in [-0.05, 0) is 42.8 Å². The Morgan fingerprint density at radius 3 is 2.32 bits per heavy atom. The summed E-state index contributed by atoms with van der Waals surface area (Å²) in [6.45, 7) is 1.30. The van der Waals surface area contributed by atoms with Gasteiger partial charge in [-0.3, -0.25) is 14.4 Å². The number of amides is 2. The number of halogens is 3. The van der Waals surface area contributed by atoms with E-state index in [2.05, 4.69) is 10.6 Å². The van der Waals surface area contributed by atoms with Gasteiger partial charge in [-0.15, -0.1) is 0 Å². The van der Waals surface area contributed by atoms with Gasteiger partial charge in [0.25, 0.3) is 5.91 Å². The summed E-state index contributed by atoms with van der Waals surface area (Å²) >= 11 is 17.7. The van der Waals surface area contributed by atoms with Crippen molar-refractivity contribution in [3.05, 3.63) is 57.0 Å². The van der Waals surface area contributed by atoms with Gasteiger partial charge < -0.3 is 15.4 Å². The van der Waals surface area contributed by atoms with E-state index in [0.717, 1.165) is 0 Å². The zero-order valence-electron chi connectivity index (χ0n) is 14.9. The van der Waals surface area contributed by atoms with Crippen molar-refractivity contribution in [2.75, 3.05) is 17.2 Å². The number of carbonyl (C=O) groups excluding carboxylic acids is 3. The molecule has 2 aromatic carbocycles. The molecule has 0 radical (unpaired) electrons. The van der Waals surface area contributed by atoms with Crippen LogP contribution in [0.3, 0.4) is 0 Å². The molecule has 0 aliphatic heterocycles. The molecule has 2 N–H and O–H groups in total. The SMILES string of the molecule is Cc1c(Cl)cccc1NC(=O)COC(=O)CCC(=O)Nc1ccc(Cl)cc1Cl. The Labute approximate surface area is 177 Å². The van der Waals surface area contributed by atoms with Crippen LogP contribution in [0.4, 0.5) is 11.4 Å². The second-order valence-corrected chi connectivity index (χ2v) is 7.04. The molecule has 28 heavy (non-hydrogen) atoms. The minimum absolute atomic E-state index is 0.118. The minimum atomic E-state index is -0.671. The van der Waals surface area contributed by atoms with Crippen LogP contribution in [-0.2, 0) is 19.1 Å². The Morgan fingerprint density at radius 1 is 0.893 bits per heavy atom. The van der Waals surface area contributed by atoms with Gasteiger partial charge in [0.05, 0.1) is 17.1 Å². The molecule has 0 spiro atoms. The Bertz CT molecular complexity index is 903. The van der Waals surface area contributed by atoms with E-state index < -0.39 is 24.4 Å². The Kier molecular flexibility index (Phi) is 8.11.